The fourth-order valence-electron chi connectivity index (χ4n) is 1.54. The van der Waals surface area contributed by atoms with Crippen LogP contribution in [0.4, 0.5) is 4.39 Å². The summed E-state index contributed by atoms with van der Waals surface area (Å²) in [6, 6.07) is 7.76. The van der Waals surface area contributed by atoms with Crippen LogP contribution in [0.1, 0.15) is 12.5 Å². The molecule has 1 N–H and O–H groups in total. The molecular formula is C14H15FN2O. The molecule has 0 unspecified atom stereocenters. The molecule has 2 aromatic rings. The van der Waals surface area contributed by atoms with Crippen molar-refractivity contribution in [2.45, 2.75) is 13.5 Å². The minimum atomic E-state index is -0.273. The summed E-state index contributed by atoms with van der Waals surface area (Å²) in [7, 11) is 0. The van der Waals surface area contributed by atoms with Crippen LogP contribution in [0.3, 0.4) is 0 Å². The van der Waals surface area contributed by atoms with E-state index in [4.69, 9.17) is 4.74 Å². The van der Waals surface area contributed by atoms with Gasteiger partial charge in [-0.25, -0.2) is 4.39 Å². The minimum absolute atomic E-state index is 0.273. The average molecular weight is 246 g/mol. The molecule has 0 aliphatic heterocycles. The van der Waals surface area contributed by atoms with E-state index >= 15 is 0 Å². The van der Waals surface area contributed by atoms with Gasteiger partial charge in [-0.2, -0.15) is 0 Å². The highest BCUT2D eigenvalue weighted by molar-refractivity contribution is 5.35. The number of benzene rings is 1. The average Bonchev–Trinajstić information content (AvgIpc) is 2.40. The Labute approximate surface area is 106 Å². The smallest absolute Gasteiger partial charge is 0.134 e. The third-order valence-corrected chi connectivity index (χ3v) is 2.47. The summed E-state index contributed by atoms with van der Waals surface area (Å²) in [5.74, 6) is 1.07. The number of hydrogen-bond acceptors (Lipinski definition) is 3. The standard InChI is InChI=1S/C14H15FN2O/c1-2-16-9-11-10-17-8-7-14(11)18-13-5-3-12(15)4-6-13/h3-8,10,16H,2,9H2,1H3. The summed E-state index contributed by atoms with van der Waals surface area (Å²) < 4.78 is 18.5. The Balaban J connectivity index is 2.15. The predicted octanol–water partition coefficient (Wildman–Crippen LogP) is 3.12. The van der Waals surface area contributed by atoms with E-state index in [0.29, 0.717) is 12.3 Å². The second-order valence-electron chi connectivity index (χ2n) is 3.82. The van der Waals surface area contributed by atoms with Crippen molar-refractivity contribution in [1.82, 2.24) is 10.3 Å². The molecule has 0 aliphatic carbocycles. The van der Waals surface area contributed by atoms with Gasteiger partial charge in [0.25, 0.3) is 0 Å². The van der Waals surface area contributed by atoms with E-state index in [9.17, 15) is 4.39 Å². The lowest BCUT2D eigenvalue weighted by Crippen LogP contribution is -2.12. The van der Waals surface area contributed by atoms with E-state index in [1.54, 1.807) is 30.6 Å². The van der Waals surface area contributed by atoms with Crippen LogP contribution in [0, 0.1) is 5.82 Å². The van der Waals surface area contributed by atoms with Crippen molar-refractivity contribution in [1.29, 1.82) is 0 Å². The molecule has 4 heteroatoms. The molecule has 0 saturated carbocycles. The highest BCUT2D eigenvalue weighted by Crippen LogP contribution is 2.24. The second-order valence-corrected chi connectivity index (χ2v) is 3.82. The van der Waals surface area contributed by atoms with Gasteiger partial charge in [-0.15, -0.1) is 0 Å². The molecule has 3 nitrogen and oxygen atoms in total. The van der Waals surface area contributed by atoms with Gasteiger partial charge >= 0.3 is 0 Å². The molecule has 0 saturated heterocycles. The topological polar surface area (TPSA) is 34.2 Å². The van der Waals surface area contributed by atoms with Crippen LogP contribution < -0.4 is 10.1 Å². The summed E-state index contributed by atoms with van der Waals surface area (Å²) in [5, 5.41) is 3.22. The van der Waals surface area contributed by atoms with Crippen molar-refractivity contribution >= 4 is 0 Å². The maximum Gasteiger partial charge on any atom is 0.134 e. The summed E-state index contributed by atoms with van der Waals surface area (Å²) in [6.45, 7) is 3.61. The summed E-state index contributed by atoms with van der Waals surface area (Å²) in [5.41, 5.74) is 0.976. The molecule has 94 valence electrons. The lowest BCUT2D eigenvalue weighted by atomic mass is 10.2. The van der Waals surface area contributed by atoms with Crippen LogP contribution in [0.25, 0.3) is 0 Å². The number of hydrogen-bond donors (Lipinski definition) is 1. The van der Waals surface area contributed by atoms with Gasteiger partial charge in [0, 0.05) is 24.5 Å². The first-order valence-corrected chi connectivity index (χ1v) is 5.86. The van der Waals surface area contributed by atoms with Crippen molar-refractivity contribution < 1.29 is 9.13 Å². The fourth-order valence-corrected chi connectivity index (χ4v) is 1.54. The first-order chi connectivity index (χ1) is 8.79. The van der Waals surface area contributed by atoms with Crippen LogP contribution >= 0.6 is 0 Å². The molecular weight excluding hydrogens is 231 g/mol. The molecule has 1 aromatic heterocycles. The van der Waals surface area contributed by atoms with Crippen LogP contribution in [0.5, 0.6) is 11.5 Å². The maximum absolute atomic E-state index is 12.8. The molecule has 2 rings (SSSR count). The molecule has 18 heavy (non-hydrogen) atoms. The van der Waals surface area contributed by atoms with E-state index in [1.807, 2.05) is 6.92 Å². The summed E-state index contributed by atoms with van der Waals surface area (Å²) in [4.78, 5) is 4.07. The van der Waals surface area contributed by atoms with Gasteiger partial charge in [0.1, 0.15) is 17.3 Å². The first-order valence-electron chi connectivity index (χ1n) is 5.86. The Hall–Kier alpha value is -1.94. The van der Waals surface area contributed by atoms with Gasteiger partial charge in [0.05, 0.1) is 0 Å². The molecule has 0 fully saturated rings. The van der Waals surface area contributed by atoms with Crippen LogP contribution in [-0.2, 0) is 6.54 Å². The van der Waals surface area contributed by atoms with E-state index < -0.39 is 0 Å². The first kappa shape index (κ1) is 12.5. The van der Waals surface area contributed by atoms with Crippen molar-refractivity contribution in [3.05, 3.63) is 54.1 Å². The van der Waals surface area contributed by atoms with Crippen LogP contribution in [0.2, 0.25) is 0 Å². The molecule has 0 spiro atoms. The van der Waals surface area contributed by atoms with Crippen LogP contribution in [0.15, 0.2) is 42.7 Å². The van der Waals surface area contributed by atoms with E-state index in [2.05, 4.69) is 10.3 Å². The number of pyridine rings is 1. The third-order valence-electron chi connectivity index (χ3n) is 2.47. The van der Waals surface area contributed by atoms with Gasteiger partial charge in [-0.1, -0.05) is 6.92 Å². The monoisotopic (exact) mass is 246 g/mol. The third kappa shape index (κ3) is 3.28. The summed E-state index contributed by atoms with van der Waals surface area (Å²) in [6.07, 6.45) is 3.44. The predicted molar refractivity (Wildman–Crippen MR) is 68.1 cm³/mol. The zero-order valence-corrected chi connectivity index (χ0v) is 10.2. The van der Waals surface area contributed by atoms with Gasteiger partial charge in [-0.05, 0) is 36.9 Å². The number of ether oxygens (including phenoxy) is 1. The van der Waals surface area contributed by atoms with Crippen molar-refractivity contribution in [3.8, 4) is 11.5 Å². The molecule has 1 heterocycles. The minimum Gasteiger partial charge on any atom is -0.457 e. The highest BCUT2D eigenvalue weighted by Gasteiger charge is 2.04. The van der Waals surface area contributed by atoms with Gasteiger partial charge in [0.15, 0.2) is 0 Å². The number of aromatic nitrogens is 1. The van der Waals surface area contributed by atoms with Crippen molar-refractivity contribution in [2.24, 2.45) is 0 Å². The van der Waals surface area contributed by atoms with E-state index in [0.717, 1.165) is 17.9 Å². The normalized spacial score (nSPS) is 10.3. The van der Waals surface area contributed by atoms with E-state index in [-0.39, 0.29) is 5.82 Å². The highest BCUT2D eigenvalue weighted by atomic mass is 19.1. The number of rotatable bonds is 5. The summed E-state index contributed by atoms with van der Waals surface area (Å²) >= 11 is 0. The van der Waals surface area contributed by atoms with Gasteiger partial charge in [-0.3, -0.25) is 4.98 Å². The molecule has 0 radical (unpaired) electrons. The quantitative estimate of drug-likeness (QED) is 0.880. The molecule has 0 aliphatic rings. The van der Waals surface area contributed by atoms with Gasteiger partial charge in [0.2, 0.25) is 0 Å². The Morgan fingerprint density at radius 2 is 2.00 bits per heavy atom. The van der Waals surface area contributed by atoms with Gasteiger partial charge < -0.3 is 10.1 Å². The number of nitrogens with zero attached hydrogens (tertiary/aromatic N) is 1. The lowest BCUT2D eigenvalue weighted by Gasteiger charge is -2.10. The Morgan fingerprint density at radius 3 is 2.72 bits per heavy atom. The van der Waals surface area contributed by atoms with Crippen molar-refractivity contribution in [3.63, 3.8) is 0 Å². The van der Waals surface area contributed by atoms with E-state index in [1.165, 1.54) is 12.1 Å². The Kier molecular flexibility index (Phi) is 4.25. The Morgan fingerprint density at radius 1 is 1.22 bits per heavy atom. The lowest BCUT2D eigenvalue weighted by molar-refractivity contribution is 0.470. The second kappa shape index (κ2) is 6.12. The zero-order chi connectivity index (χ0) is 12.8. The maximum atomic E-state index is 12.8. The number of nitrogens with one attached hydrogen (secondary N) is 1. The van der Waals surface area contributed by atoms with Crippen LogP contribution in [-0.4, -0.2) is 11.5 Å². The molecule has 0 atom stereocenters. The molecule has 0 bridgehead atoms. The fraction of sp³-hybridized carbons (Fsp3) is 0.214. The molecule has 1 aromatic carbocycles. The molecule has 0 amide bonds. The largest absolute Gasteiger partial charge is 0.457 e. The van der Waals surface area contributed by atoms with Crippen molar-refractivity contribution in [2.75, 3.05) is 6.54 Å². The SMILES string of the molecule is CCNCc1cnccc1Oc1ccc(F)cc1. The zero-order valence-electron chi connectivity index (χ0n) is 10.2. The number of halogens is 1. The Bertz CT molecular complexity index is 499.